The molecule has 1 fully saturated rings. The number of sulfone groups is 1. The molecule has 1 heterocycles. The number of carbonyl (C=O) groups excluding carboxylic acids is 1. The number of hydrogen-bond donors (Lipinski definition) is 0. The van der Waals surface area contributed by atoms with Crippen molar-refractivity contribution >= 4 is 44.6 Å². The molecule has 176 valence electrons. The monoisotopic (exact) mass is 518 g/mol. The van der Waals surface area contributed by atoms with Crippen molar-refractivity contribution in [1.82, 2.24) is 4.90 Å². The molecular weight excluding hydrogens is 499 g/mol. The molecule has 0 spiro atoms. The molecule has 3 aromatic rings. The lowest BCUT2D eigenvalue weighted by Gasteiger charge is -2.28. The first kappa shape index (κ1) is 24.2. The molecule has 0 radical (unpaired) electrons. The van der Waals surface area contributed by atoms with Gasteiger partial charge in [0, 0.05) is 34.3 Å². The van der Waals surface area contributed by atoms with E-state index in [2.05, 4.69) is 0 Å². The highest BCUT2D eigenvalue weighted by Gasteiger charge is 2.36. The molecule has 1 atom stereocenters. The van der Waals surface area contributed by atoms with Crippen LogP contribution in [0.1, 0.15) is 22.3 Å². The van der Waals surface area contributed by atoms with Gasteiger partial charge in [-0.2, -0.15) is 0 Å². The molecule has 1 unspecified atom stereocenters. The minimum Gasteiger partial charge on any atom is -0.330 e. The average molecular weight is 519 g/mol. The quantitative estimate of drug-likeness (QED) is 0.321. The second-order valence-corrected chi connectivity index (χ2v) is 11.2. The number of nitro groups is 1. The maximum absolute atomic E-state index is 13.4. The Morgan fingerprint density at radius 1 is 1.06 bits per heavy atom. The van der Waals surface area contributed by atoms with Gasteiger partial charge in [-0.15, -0.1) is 0 Å². The second-order valence-electron chi connectivity index (χ2n) is 8.09. The van der Waals surface area contributed by atoms with E-state index < -0.39 is 26.7 Å². The predicted molar refractivity (Wildman–Crippen MR) is 132 cm³/mol. The van der Waals surface area contributed by atoms with Crippen molar-refractivity contribution in [3.05, 3.63) is 98.0 Å². The fraction of sp³-hybridized carbons (Fsp3) is 0.208. The number of rotatable bonds is 6. The molecular formula is C24H20Cl2N2O5S. The Hall–Kier alpha value is -2.94. The van der Waals surface area contributed by atoms with Crippen LogP contribution in [0.25, 0.3) is 11.1 Å². The minimum absolute atomic E-state index is 0.0215. The van der Waals surface area contributed by atoms with E-state index in [0.717, 1.165) is 16.7 Å². The van der Waals surface area contributed by atoms with Gasteiger partial charge in [-0.05, 0) is 35.7 Å². The van der Waals surface area contributed by atoms with E-state index in [1.54, 1.807) is 18.2 Å². The third-order valence-electron chi connectivity index (χ3n) is 5.79. The van der Waals surface area contributed by atoms with Gasteiger partial charge in [0.2, 0.25) is 0 Å². The summed E-state index contributed by atoms with van der Waals surface area (Å²) in [6, 6.07) is 17.7. The minimum atomic E-state index is -3.28. The van der Waals surface area contributed by atoms with Crippen LogP contribution in [0.15, 0.2) is 66.7 Å². The topological polar surface area (TPSA) is 97.6 Å². The van der Waals surface area contributed by atoms with Crippen molar-refractivity contribution in [2.45, 2.75) is 19.0 Å². The molecule has 1 amide bonds. The summed E-state index contributed by atoms with van der Waals surface area (Å²) in [4.78, 5) is 25.7. The summed E-state index contributed by atoms with van der Waals surface area (Å²) in [6.07, 6.45) is 0.285. The SMILES string of the molecule is O=C(c1ccccc1[N+](=O)[O-])N(Cc1ccc(-c2ccc(Cl)cc2Cl)cc1)C1CCS(=O)(=O)C1. The van der Waals surface area contributed by atoms with Crippen LogP contribution < -0.4 is 0 Å². The van der Waals surface area contributed by atoms with Gasteiger partial charge >= 0.3 is 0 Å². The van der Waals surface area contributed by atoms with Crippen LogP contribution in [0.4, 0.5) is 5.69 Å². The molecule has 34 heavy (non-hydrogen) atoms. The normalized spacial score (nSPS) is 16.8. The molecule has 0 N–H and O–H groups in total. The van der Waals surface area contributed by atoms with Crippen molar-refractivity contribution in [3.8, 4) is 11.1 Å². The lowest BCUT2D eigenvalue weighted by Crippen LogP contribution is -2.40. The van der Waals surface area contributed by atoms with E-state index in [0.29, 0.717) is 10.0 Å². The van der Waals surface area contributed by atoms with Gasteiger partial charge in [0.1, 0.15) is 5.56 Å². The molecule has 0 bridgehead atoms. The largest absolute Gasteiger partial charge is 0.330 e. The van der Waals surface area contributed by atoms with Crippen molar-refractivity contribution < 1.29 is 18.1 Å². The van der Waals surface area contributed by atoms with Crippen LogP contribution in [0.3, 0.4) is 0 Å². The lowest BCUT2D eigenvalue weighted by molar-refractivity contribution is -0.385. The smallest absolute Gasteiger partial charge is 0.282 e. The van der Waals surface area contributed by atoms with Gasteiger partial charge in [0.25, 0.3) is 11.6 Å². The third-order valence-corrected chi connectivity index (χ3v) is 8.09. The summed E-state index contributed by atoms with van der Waals surface area (Å²) in [5.41, 5.74) is 2.02. The van der Waals surface area contributed by atoms with Crippen LogP contribution in [0, 0.1) is 10.1 Å². The van der Waals surface area contributed by atoms with Gasteiger partial charge in [0.15, 0.2) is 9.84 Å². The Bertz CT molecular complexity index is 1360. The molecule has 0 saturated carbocycles. The van der Waals surface area contributed by atoms with Crippen LogP contribution in [-0.2, 0) is 16.4 Å². The van der Waals surface area contributed by atoms with Gasteiger partial charge < -0.3 is 4.90 Å². The van der Waals surface area contributed by atoms with E-state index in [1.807, 2.05) is 30.3 Å². The van der Waals surface area contributed by atoms with Crippen LogP contribution in [0.5, 0.6) is 0 Å². The Morgan fingerprint density at radius 3 is 2.38 bits per heavy atom. The van der Waals surface area contributed by atoms with E-state index in [-0.39, 0.29) is 35.7 Å². The molecule has 0 aliphatic carbocycles. The Kier molecular flexibility index (Phi) is 6.93. The first-order chi connectivity index (χ1) is 16.1. The van der Waals surface area contributed by atoms with Crippen LogP contribution in [-0.4, -0.2) is 41.7 Å². The average Bonchev–Trinajstić information content (AvgIpc) is 3.17. The Balaban J connectivity index is 1.65. The first-order valence-electron chi connectivity index (χ1n) is 10.4. The number of halogens is 2. The zero-order chi connectivity index (χ0) is 24.5. The van der Waals surface area contributed by atoms with Crippen LogP contribution >= 0.6 is 23.2 Å². The molecule has 4 rings (SSSR count). The fourth-order valence-corrected chi connectivity index (χ4v) is 6.31. The van der Waals surface area contributed by atoms with Crippen molar-refractivity contribution in [2.24, 2.45) is 0 Å². The lowest BCUT2D eigenvalue weighted by atomic mass is 10.0. The van der Waals surface area contributed by atoms with Crippen molar-refractivity contribution in [2.75, 3.05) is 11.5 Å². The number of nitrogens with zero attached hydrogens (tertiary/aromatic N) is 2. The van der Waals surface area contributed by atoms with Gasteiger partial charge in [-0.1, -0.05) is 65.7 Å². The number of para-hydroxylation sites is 1. The van der Waals surface area contributed by atoms with Crippen LogP contribution in [0.2, 0.25) is 10.0 Å². The maximum atomic E-state index is 13.4. The van der Waals surface area contributed by atoms with Crippen molar-refractivity contribution in [1.29, 1.82) is 0 Å². The molecule has 1 aliphatic heterocycles. The summed E-state index contributed by atoms with van der Waals surface area (Å²) >= 11 is 12.3. The molecule has 1 saturated heterocycles. The Labute approximate surface area is 207 Å². The summed E-state index contributed by atoms with van der Waals surface area (Å²) in [7, 11) is -3.28. The number of benzene rings is 3. The Morgan fingerprint density at radius 2 is 1.76 bits per heavy atom. The zero-order valence-electron chi connectivity index (χ0n) is 17.9. The molecule has 7 nitrogen and oxygen atoms in total. The third kappa shape index (κ3) is 5.24. The zero-order valence-corrected chi connectivity index (χ0v) is 20.2. The number of nitro benzene ring substituents is 1. The number of amides is 1. The summed E-state index contributed by atoms with van der Waals surface area (Å²) in [5, 5.41) is 12.5. The highest BCUT2D eigenvalue weighted by Crippen LogP contribution is 2.31. The molecule has 3 aromatic carbocycles. The second kappa shape index (κ2) is 9.74. The first-order valence-corrected chi connectivity index (χ1v) is 13.0. The van der Waals surface area contributed by atoms with Crippen molar-refractivity contribution in [3.63, 3.8) is 0 Å². The highest BCUT2D eigenvalue weighted by atomic mass is 35.5. The highest BCUT2D eigenvalue weighted by molar-refractivity contribution is 7.91. The number of hydrogen-bond acceptors (Lipinski definition) is 5. The van der Waals surface area contributed by atoms with Gasteiger partial charge in [-0.3, -0.25) is 14.9 Å². The molecule has 0 aromatic heterocycles. The maximum Gasteiger partial charge on any atom is 0.282 e. The molecule has 10 heteroatoms. The fourth-order valence-electron chi connectivity index (χ4n) is 4.07. The van der Waals surface area contributed by atoms with E-state index in [4.69, 9.17) is 23.2 Å². The summed E-state index contributed by atoms with van der Waals surface area (Å²) in [5.74, 6) is -0.760. The standard InChI is InChI=1S/C24H20Cl2N2O5S/c25-18-9-10-20(22(26)13-18)17-7-5-16(6-8-17)14-27(19-11-12-34(32,33)15-19)24(29)21-3-1-2-4-23(21)28(30)31/h1-10,13,19H,11-12,14-15H2. The van der Waals surface area contributed by atoms with E-state index in [9.17, 15) is 23.3 Å². The van der Waals surface area contributed by atoms with Gasteiger partial charge in [0.05, 0.1) is 16.4 Å². The van der Waals surface area contributed by atoms with E-state index >= 15 is 0 Å². The summed E-state index contributed by atoms with van der Waals surface area (Å²) < 4.78 is 24.2. The van der Waals surface area contributed by atoms with E-state index in [1.165, 1.54) is 23.1 Å². The predicted octanol–water partition coefficient (Wildman–Crippen LogP) is 5.40. The van der Waals surface area contributed by atoms with Gasteiger partial charge in [-0.25, -0.2) is 8.42 Å². The molecule has 1 aliphatic rings. The number of carbonyl (C=O) groups is 1. The summed E-state index contributed by atoms with van der Waals surface area (Å²) in [6.45, 7) is 0.111.